The Hall–Kier alpha value is -1.51. The minimum absolute atomic E-state index is 0.157. The zero-order chi connectivity index (χ0) is 13.2. The summed E-state index contributed by atoms with van der Waals surface area (Å²) >= 11 is 5.97. The summed E-state index contributed by atoms with van der Waals surface area (Å²) in [7, 11) is 0. The molecule has 98 valence electrons. The Morgan fingerprint density at radius 3 is 2.89 bits per heavy atom. The normalized spacial score (nSPS) is 17.3. The Labute approximate surface area is 118 Å². The number of fused-ring (bicyclic) bond motifs is 1. The van der Waals surface area contributed by atoms with Crippen molar-refractivity contribution in [2.75, 3.05) is 0 Å². The van der Waals surface area contributed by atoms with Crippen molar-refractivity contribution in [3.8, 4) is 5.75 Å². The molecule has 0 aromatic heterocycles. The predicted molar refractivity (Wildman–Crippen MR) is 77.5 cm³/mol. The minimum atomic E-state index is 0.157. The molecule has 3 rings (SSSR count). The van der Waals surface area contributed by atoms with Gasteiger partial charge < -0.3 is 10.5 Å². The molecule has 0 aliphatic heterocycles. The highest BCUT2D eigenvalue weighted by Crippen LogP contribution is 2.35. The third-order valence-electron chi connectivity index (χ3n) is 3.56. The largest absolute Gasteiger partial charge is 0.489 e. The molecule has 0 radical (unpaired) electrons. The number of ether oxygens (including phenoxy) is 1. The predicted octanol–water partition coefficient (Wildman–Crippen LogP) is 3.87. The fraction of sp³-hybridized carbons (Fsp3) is 0.250. The summed E-state index contributed by atoms with van der Waals surface area (Å²) in [5.74, 6) is 0.949. The van der Waals surface area contributed by atoms with Crippen LogP contribution in [0.3, 0.4) is 0 Å². The Morgan fingerprint density at radius 2 is 2.05 bits per heavy atom. The van der Waals surface area contributed by atoms with Crippen LogP contribution in [0.25, 0.3) is 0 Å². The quantitative estimate of drug-likeness (QED) is 0.921. The highest BCUT2D eigenvalue weighted by molar-refractivity contribution is 6.30. The minimum Gasteiger partial charge on any atom is -0.489 e. The molecule has 1 atom stereocenters. The van der Waals surface area contributed by atoms with Crippen LogP contribution in [0.2, 0.25) is 5.02 Å². The van der Waals surface area contributed by atoms with Crippen LogP contribution >= 0.6 is 11.6 Å². The number of benzene rings is 2. The van der Waals surface area contributed by atoms with E-state index in [2.05, 4.69) is 6.07 Å². The Morgan fingerprint density at radius 1 is 1.21 bits per heavy atom. The summed E-state index contributed by atoms with van der Waals surface area (Å²) in [5.41, 5.74) is 9.63. The smallest absolute Gasteiger partial charge is 0.123 e. The van der Waals surface area contributed by atoms with Gasteiger partial charge in [-0.25, -0.2) is 0 Å². The van der Waals surface area contributed by atoms with Crippen LogP contribution in [-0.2, 0) is 13.0 Å². The van der Waals surface area contributed by atoms with Gasteiger partial charge in [-0.1, -0.05) is 35.9 Å². The number of hydrogen-bond acceptors (Lipinski definition) is 2. The number of nitrogens with two attached hydrogens (primary N) is 1. The van der Waals surface area contributed by atoms with Crippen molar-refractivity contribution in [1.29, 1.82) is 0 Å². The second-order valence-corrected chi connectivity index (χ2v) is 5.32. The zero-order valence-electron chi connectivity index (χ0n) is 10.6. The van der Waals surface area contributed by atoms with E-state index in [1.807, 2.05) is 36.4 Å². The van der Waals surface area contributed by atoms with E-state index in [4.69, 9.17) is 22.1 Å². The lowest BCUT2D eigenvalue weighted by molar-refractivity contribution is 0.303. The van der Waals surface area contributed by atoms with E-state index >= 15 is 0 Å². The second-order valence-electron chi connectivity index (χ2n) is 4.89. The number of halogens is 1. The molecule has 1 aliphatic carbocycles. The van der Waals surface area contributed by atoms with Crippen LogP contribution in [0.1, 0.15) is 29.2 Å². The molecular weight excluding hydrogens is 258 g/mol. The first-order valence-electron chi connectivity index (χ1n) is 6.48. The van der Waals surface area contributed by atoms with Crippen molar-refractivity contribution in [1.82, 2.24) is 0 Å². The van der Waals surface area contributed by atoms with Gasteiger partial charge >= 0.3 is 0 Å². The molecule has 2 nitrogen and oxygen atoms in total. The van der Waals surface area contributed by atoms with Gasteiger partial charge in [0.25, 0.3) is 0 Å². The second kappa shape index (κ2) is 5.24. The van der Waals surface area contributed by atoms with Gasteiger partial charge in [0.15, 0.2) is 0 Å². The first-order chi connectivity index (χ1) is 9.24. The molecule has 1 aliphatic rings. The maximum Gasteiger partial charge on any atom is 0.123 e. The fourth-order valence-electron chi connectivity index (χ4n) is 2.58. The average Bonchev–Trinajstić information content (AvgIpc) is 2.79. The van der Waals surface area contributed by atoms with Gasteiger partial charge in [0, 0.05) is 11.1 Å². The maximum atomic E-state index is 6.07. The first kappa shape index (κ1) is 12.5. The van der Waals surface area contributed by atoms with Gasteiger partial charge in [0.05, 0.1) is 0 Å². The molecule has 0 bridgehead atoms. The summed E-state index contributed by atoms with van der Waals surface area (Å²) in [6, 6.07) is 14.0. The molecular formula is C16H16ClNO. The van der Waals surface area contributed by atoms with Crippen LogP contribution in [-0.4, -0.2) is 0 Å². The molecule has 0 saturated carbocycles. The molecule has 2 N–H and O–H groups in total. The summed E-state index contributed by atoms with van der Waals surface area (Å²) in [5, 5.41) is 0.737. The van der Waals surface area contributed by atoms with Crippen molar-refractivity contribution in [2.45, 2.75) is 25.5 Å². The van der Waals surface area contributed by atoms with Crippen LogP contribution in [0.5, 0.6) is 5.75 Å². The molecule has 2 aromatic carbocycles. The van der Waals surface area contributed by atoms with E-state index < -0.39 is 0 Å². The van der Waals surface area contributed by atoms with Crippen molar-refractivity contribution in [2.24, 2.45) is 5.73 Å². The standard InChI is InChI=1S/C16H16ClNO/c17-12-4-1-3-11(9-12)10-19-16-6-2-5-13-14(16)7-8-15(13)18/h1-6,9,15H,7-8,10,18H2. The molecule has 1 unspecified atom stereocenters. The van der Waals surface area contributed by atoms with Gasteiger partial charge in [-0.15, -0.1) is 0 Å². The highest BCUT2D eigenvalue weighted by atomic mass is 35.5. The number of hydrogen-bond donors (Lipinski definition) is 1. The Balaban J connectivity index is 1.78. The van der Waals surface area contributed by atoms with Crippen molar-refractivity contribution in [3.63, 3.8) is 0 Å². The lowest BCUT2D eigenvalue weighted by atomic mass is 10.1. The molecule has 19 heavy (non-hydrogen) atoms. The molecule has 0 amide bonds. The zero-order valence-corrected chi connectivity index (χ0v) is 11.4. The van der Waals surface area contributed by atoms with Crippen LogP contribution in [0, 0.1) is 0 Å². The summed E-state index contributed by atoms with van der Waals surface area (Å²) < 4.78 is 5.92. The fourth-order valence-corrected chi connectivity index (χ4v) is 2.79. The third-order valence-corrected chi connectivity index (χ3v) is 3.79. The van der Waals surface area contributed by atoms with Gasteiger partial charge in [0.2, 0.25) is 0 Å². The third kappa shape index (κ3) is 2.60. The Kier molecular flexibility index (Phi) is 3.45. The molecule has 0 spiro atoms. The van der Waals surface area contributed by atoms with E-state index in [0.717, 1.165) is 29.2 Å². The SMILES string of the molecule is NC1CCc2c(OCc3cccc(Cl)c3)cccc21. The summed E-state index contributed by atoms with van der Waals surface area (Å²) in [6.45, 7) is 0.534. The number of rotatable bonds is 3. The summed E-state index contributed by atoms with van der Waals surface area (Å²) in [6.07, 6.45) is 2.01. The monoisotopic (exact) mass is 273 g/mol. The first-order valence-corrected chi connectivity index (χ1v) is 6.86. The topological polar surface area (TPSA) is 35.2 Å². The molecule has 3 heteroatoms. The van der Waals surface area contributed by atoms with Crippen LogP contribution in [0.4, 0.5) is 0 Å². The van der Waals surface area contributed by atoms with E-state index in [-0.39, 0.29) is 6.04 Å². The average molecular weight is 274 g/mol. The lowest BCUT2D eigenvalue weighted by Crippen LogP contribution is -2.05. The van der Waals surface area contributed by atoms with E-state index in [9.17, 15) is 0 Å². The van der Waals surface area contributed by atoms with Crippen molar-refractivity contribution < 1.29 is 4.74 Å². The highest BCUT2D eigenvalue weighted by Gasteiger charge is 2.21. The lowest BCUT2D eigenvalue weighted by Gasteiger charge is -2.11. The molecule has 0 heterocycles. The maximum absolute atomic E-state index is 6.07. The Bertz CT molecular complexity index is 597. The van der Waals surface area contributed by atoms with Crippen LogP contribution < -0.4 is 10.5 Å². The van der Waals surface area contributed by atoms with Crippen molar-refractivity contribution >= 4 is 11.6 Å². The van der Waals surface area contributed by atoms with Gasteiger partial charge in [-0.05, 0) is 47.7 Å². The van der Waals surface area contributed by atoms with Crippen LogP contribution in [0.15, 0.2) is 42.5 Å². The van der Waals surface area contributed by atoms with E-state index in [1.54, 1.807) is 0 Å². The van der Waals surface area contributed by atoms with Gasteiger partial charge in [-0.2, -0.15) is 0 Å². The van der Waals surface area contributed by atoms with E-state index in [0.29, 0.717) is 6.61 Å². The van der Waals surface area contributed by atoms with Gasteiger partial charge in [0.1, 0.15) is 12.4 Å². The molecule has 0 fully saturated rings. The molecule has 0 saturated heterocycles. The summed E-state index contributed by atoms with van der Waals surface area (Å²) in [4.78, 5) is 0. The molecule has 2 aromatic rings. The van der Waals surface area contributed by atoms with Crippen molar-refractivity contribution in [3.05, 3.63) is 64.2 Å². The van der Waals surface area contributed by atoms with E-state index in [1.165, 1.54) is 11.1 Å². The van der Waals surface area contributed by atoms with Gasteiger partial charge in [-0.3, -0.25) is 0 Å².